The number of carbonyl (C=O) groups excluding carboxylic acids is 1. The van der Waals surface area contributed by atoms with Gasteiger partial charge in [0.25, 0.3) is 15.9 Å². The van der Waals surface area contributed by atoms with E-state index in [1.165, 1.54) is 36.4 Å². The fourth-order valence-electron chi connectivity index (χ4n) is 2.88. The van der Waals surface area contributed by atoms with E-state index in [-0.39, 0.29) is 16.5 Å². The lowest BCUT2D eigenvalue weighted by Crippen LogP contribution is -2.33. The van der Waals surface area contributed by atoms with E-state index < -0.39 is 15.8 Å². The summed E-state index contributed by atoms with van der Waals surface area (Å²) in [4.78, 5) is 14.6. The summed E-state index contributed by atoms with van der Waals surface area (Å²) in [5.41, 5.74) is 0.191. The van der Waals surface area contributed by atoms with Crippen molar-refractivity contribution in [2.75, 3.05) is 17.8 Å². The Hall–Kier alpha value is -2.41. The molecular weight excluding hydrogens is 367 g/mol. The first-order chi connectivity index (χ1) is 12.9. The van der Waals surface area contributed by atoms with Crippen LogP contribution in [0.4, 0.5) is 10.1 Å². The molecule has 0 radical (unpaired) electrons. The summed E-state index contributed by atoms with van der Waals surface area (Å²) in [5.74, 6) is -0.284. The van der Waals surface area contributed by atoms with Gasteiger partial charge in [0.1, 0.15) is 5.82 Å². The number of hydrogen-bond donors (Lipinski definition) is 1. The molecule has 0 heterocycles. The van der Waals surface area contributed by atoms with Gasteiger partial charge in [0, 0.05) is 18.7 Å². The molecule has 1 aliphatic rings. The van der Waals surface area contributed by atoms with E-state index in [0.717, 1.165) is 19.3 Å². The van der Waals surface area contributed by atoms with Gasteiger partial charge >= 0.3 is 0 Å². The molecule has 0 aromatic heterocycles. The van der Waals surface area contributed by atoms with Gasteiger partial charge in [-0.1, -0.05) is 25.1 Å². The first-order valence-electron chi connectivity index (χ1n) is 9.07. The number of sulfonamides is 1. The van der Waals surface area contributed by atoms with Crippen molar-refractivity contribution in [3.63, 3.8) is 0 Å². The molecular formula is C20H23FN2O3S. The molecule has 0 spiro atoms. The van der Waals surface area contributed by atoms with E-state index in [9.17, 15) is 17.6 Å². The Morgan fingerprint density at radius 3 is 2.59 bits per heavy atom. The predicted octanol–water partition coefficient (Wildman–Crippen LogP) is 3.89. The minimum Gasteiger partial charge on any atom is -0.338 e. The normalized spacial score (nSPS) is 14.0. The Balaban J connectivity index is 1.83. The van der Waals surface area contributed by atoms with Gasteiger partial charge in [-0.25, -0.2) is 12.8 Å². The van der Waals surface area contributed by atoms with Crippen LogP contribution in [-0.4, -0.2) is 32.3 Å². The lowest BCUT2D eigenvalue weighted by atomic mass is 10.2. The number of carbonyl (C=O) groups is 1. The molecule has 2 aromatic carbocycles. The van der Waals surface area contributed by atoms with Crippen LogP contribution in [-0.2, 0) is 10.0 Å². The van der Waals surface area contributed by atoms with Gasteiger partial charge in [-0.05, 0) is 55.5 Å². The summed E-state index contributed by atoms with van der Waals surface area (Å²) in [5, 5.41) is 0. The van der Waals surface area contributed by atoms with E-state index in [1.54, 1.807) is 17.0 Å². The number of halogens is 1. The highest BCUT2D eigenvalue weighted by molar-refractivity contribution is 7.92. The standard InChI is InChI=1S/C20H23FN2O3S/c1-2-12-23(14-15-10-11-15)20(24)16-6-5-7-17(13-16)27(25,26)22-19-9-4-3-8-18(19)21/h3-9,13,15,22H,2,10-12,14H2,1H3. The van der Waals surface area contributed by atoms with E-state index in [0.29, 0.717) is 24.6 Å². The van der Waals surface area contributed by atoms with Crippen LogP contribution < -0.4 is 4.72 Å². The van der Waals surface area contributed by atoms with Crippen LogP contribution in [0.25, 0.3) is 0 Å². The molecule has 0 saturated heterocycles. The third-order valence-corrected chi connectivity index (χ3v) is 5.83. The van der Waals surface area contributed by atoms with Gasteiger partial charge < -0.3 is 4.90 Å². The van der Waals surface area contributed by atoms with Crippen molar-refractivity contribution in [3.05, 3.63) is 59.9 Å². The van der Waals surface area contributed by atoms with Gasteiger partial charge in [0.15, 0.2) is 0 Å². The molecule has 27 heavy (non-hydrogen) atoms. The molecule has 1 fully saturated rings. The van der Waals surface area contributed by atoms with Crippen molar-refractivity contribution in [1.29, 1.82) is 0 Å². The van der Waals surface area contributed by atoms with E-state index in [1.807, 2.05) is 6.92 Å². The van der Waals surface area contributed by atoms with Crippen molar-refractivity contribution < 1.29 is 17.6 Å². The maximum atomic E-state index is 13.8. The van der Waals surface area contributed by atoms with Crippen LogP contribution in [0.1, 0.15) is 36.5 Å². The van der Waals surface area contributed by atoms with Crippen LogP contribution in [0.5, 0.6) is 0 Å². The molecule has 1 saturated carbocycles. The Bertz CT molecular complexity index is 926. The summed E-state index contributed by atoms with van der Waals surface area (Å²) < 4.78 is 41.2. The molecule has 0 bridgehead atoms. The van der Waals surface area contributed by atoms with E-state index in [4.69, 9.17) is 0 Å². The van der Waals surface area contributed by atoms with E-state index >= 15 is 0 Å². The number of nitrogens with zero attached hydrogens (tertiary/aromatic N) is 1. The lowest BCUT2D eigenvalue weighted by Gasteiger charge is -2.22. The first kappa shape index (κ1) is 19.4. The average molecular weight is 390 g/mol. The Morgan fingerprint density at radius 2 is 1.93 bits per heavy atom. The van der Waals surface area contributed by atoms with Gasteiger partial charge in [-0.15, -0.1) is 0 Å². The van der Waals surface area contributed by atoms with Crippen LogP contribution in [0.2, 0.25) is 0 Å². The maximum Gasteiger partial charge on any atom is 0.262 e. The fourth-order valence-corrected chi connectivity index (χ4v) is 4.00. The smallest absolute Gasteiger partial charge is 0.262 e. The molecule has 0 aliphatic heterocycles. The fraction of sp³-hybridized carbons (Fsp3) is 0.350. The highest BCUT2D eigenvalue weighted by Gasteiger charge is 2.27. The highest BCUT2D eigenvalue weighted by atomic mass is 32.2. The zero-order chi connectivity index (χ0) is 19.4. The van der Waals surface area contributed by atoms with Crippen LogP contribution in [0, 0.1) is 11.7 Å². The summed E-state index contributed by atoms with van der Waals surface area (Å²) in [6, 6.07) is 11.4. The molecule has 144 valence electrons. The number of rotatable bonds is 8. The Kier molecular flexibility index (Phi) is 5.79. The number of hydrogen-bond acceptors (Lipinski definition) is 3. The number of amides is 1. The minimum absolute atomic E-state index is 0.0699. The van der Waals surface area contributed by atoms with Gasteiger partial charge in [0.2, 0.25) is 0 Å². The predicted molar refractivity (Wildman–Crippen MR) is 103 cm³/mol. The summed E-state index contributed by atoms with van der Waals surface area (Å²) in [6.07, 6.45) is 3.11. The first-order valence-corrected chi connectivity index (χ1v) is 10.6. The second-order valence-corrected chi connectivity index (χ2v) is 8.49. The molecule has 1 amide bonds. The molecule has 0 atom stereocenters. The van der Waals surface area contributed by atoms with Crippen LogP contribution in [0.3, 0.4) is 0 Å². The van der Waals surface area contributed by atoms with Crippen molar-refractivity contribution in [3.8, 4) is 0 Å². The van der Waals surface area contributed by atoms with Gasteiger partial charge in [-0.3, -0.25) is 9.52 Å². The second-order valence-electron chi connectivity index (χ2n) is 6.81. The number of nitrogens with one attached hydrogen (secondary N) is 1. The molecule has 1 aliphatic carbocycles. The molecule has 0 unspecified atom stereocenters. The quantitative estimate of drug-likeness (QED) is 0.744. The third-order valence-electron chi connectivity index (χ3n) is 4.47. The van der Waals surface area contributed by atoms with Crippen LogP contribution >= 0.6 is 0 Å². The van der Waals surface area contributed by atoms with Crippen molar-refractivity contribution >= 4 is 21.6 Å². The monoisotopic (exact) mass is 390 g/mol. The van der Waals surface area contributed by atoms with Crippen LogP contribution in [0.15, 0.2) is 53.4 Å². The average Bonchev–Trinajstić information content (AvgIpc) is 3.47. The molecule has 2 aromatic rings. The molecule has 3 rings (SSSR count). The summed E-state index contributed by atoms with van der Waals surface area (Å²) >= 11 is 0. The third kappa shape index (κ3) is 4.86. The van der Waals surface area contributed by atoms with Crippen molar-refractivity contribution in [2.45, 2.75) is 31.1 Å². The number of anilines is 1. The van der Waals surface area contributed by atoms with Gasteiger partial charge in [0.05, 0.1) is 10.6 Å². The molecule has 1 N–H and O–H groups in total. The molecule has 5 nitrogen and oxygen atoms in total. The largest absolute Gasteiger partial charge is 0.338 e. The summed E-state index contributed by atoms with van der Waals surface area (Å²) in [6.45, 7) is 3.35. The Morgan fingerprint density at radius 1 is 1.19 bits per heavy atom. The Labute approximate surface area is 159 Å². The minimum atomic E-state index is -4.00. The SMILES string of the molecule is CCCN(CC1CC1)C(=O)c1cccc(S(=O)(=O)Nc2ccccc2F)c1. The highest BCUT2D eigenvalue weighted by Crippen LogP contribution is 2.30. The number of para-hydroxylation sites is 1. The van der Waals surface area contributed by atoms with Crippen molar-refractivity contribution in [2.24, 2.45) is 5.92 Å². The second kappa shape index (κ2) is 8.08. The summed E-state index contributed by atoms with van der Waals surface area (Å²) in [7, 11) is -4.00. The van der Waals surface area contributed by atoms with Gasteiger partial charge in [-0.2, -0.15) is 0 Å². The zero-order valence-electron chi connectivity index (χ0n) is 15.2. The molecule has 7 heteroatoms. The topological polar surface area (TPSA) is 66.5 Å². The lowest BCUT2D eigenvalue weighted by molar-refractivity contribution is 0.0747. The van der Waals surface area contributed by atoms with E-state index in [2.05, 4.69) is 4.72 Å². The van der Waals surface area contributed by atoms with Crippen molar-refractivity contribution in [1.82, 2.24) is 4.90 Å². The maximum absolute atomic E-state index is 13.8. The number of benzene rings is 2. The zero-order valence-corrected chi connectivity index (χ0v) is 16.0.